The van der Waals surface area contributed by atoms with Crippen LogP contribution in [0.3, 0.4) is 0 Å². The zero-order valence-electron chi connectivity index (χ0n) is 14.5. The highest BCUT2D eigenvalue weighted by Crippen LogP contribution is 2.37. The fourth-order valence-electron chi connectivity index (χ4n) is 3.59. The molecule has 7 heteroatoms. The van der Waals surface area contributed by atoms with Gasteiger partial charge in [-0.05, 0) is 58.2 Å². The third-order valence-electron chi connectivity index (χ3n) is 4.97. The van der Waals surface area contributed by atoms with Crippen molar-refractivity contribution in [1.29, 1.82) is 0 Å². The van der Waals surface area contributed by atoms with E-state index in [9.17, 15) is 14.0 Å². The van der Waals surface area contributed by atoms with Crippen LogP contribution in [0.25, 0.3) is 0 Å². The van der Waals surface area contributed by atoms with Crippen LogP contribution in [0.2, 0.25) is 0 Å². The summed E-state index contributed by atoms with van der Waals surface area (Å²) in [6, 6.07) is 12.0. The fraction of sp³-hybridized carbons (Fsp3) is 0.300. The number of nitrogens with zero attached hydrogens (tertiary/aromatic N) is 1. The van der Waals surface area contributed by atoms with Crippen molar-refractivity contribution in [3.05, 3.63) is 58.3 Å². The number of amides is 2. The number of thioether (sulfide) groups is 1. The molecule has 2 aliphatic rings. The van der Waals surface area contributed by atoms with E-state index in [1.165, 1.54) is 12.1 Å². The standard InChI is InChI=1S/C20H18BrFN2O2S/c21-15-3-1-2-4-17(15)24-11-12(9-19(24)25)20(26)23-16-7-8-27-18-6-5-13(22)10-14(16)18/h1-6,10,12,16H,7-9,11H2,(H,23,26)/t12-,16+/m0/s1. The van der Waals surface area contributed by atoms with Crippen LogP contribution in [0.4, 0.5) is 10.1 Å². The maximum Gasteiger partial charge on any atom is 0.227 e. The SMILES string of the molecule is O=C(N[C@@H]1CCSc2ccc(F)cc21)[C@H]1CC(=O)N(c2ccccc2Br)C1. The van der Waals surface area contributed by atoms with Crippen LogP contribution in [-0.2, 0) is 9.59 Å². The molecule has 0 aromatic heterocycles. The summed E-state index contributed by atoms with van der Waals surface area (Å²) in [5, 5.41) is 3.04. The minimum absolute atomic E-state index is 0.0623. The van der Waals surface area contributed by atoms with Crippen molar-refractivity contribution in [3.63, 3.8) is 0 Å². The Morgan fingerprint density at radius 1 is 1.26 bits per heavy atom. The molecule has 0 bridgehead atoms. The third kappa shape index (κ3) is 3.75. The Hall–Kier alpha value is -1.86. The van der Waals surface area contributed by atoms with Gasteiger partial charge in [-0.25, -0.2) is 4.39 Å². The molecule has 0 aliphatic carbocycles. The van der Waals surface area contributed by atoms with Gasteiger partial charge in [-0.3, -0.25) is 9.59 Å². The second-order valence-electron chi connectivity index (χ2n) is 6.74. The summed E-state index contributed by atoms with van der Waals surface area (Å²) in [6.45, 7) is 0.352. The van der Waals surface area contributed by atoms with Crippen LogP contribution in [0.5, 0.6) is 0 Å². The Labute approximate surface area is 169 Å². The van der Waals surface area contributed by atoms with Crippen LogP contribution in [0, 0.1) is 11.7 Å². The zero-order valence-corrected chi connectivity index (χ0v) is 16.9. The highest BCUT2D eigenvalue weighted by atomic mass is 79.9. The second-order valence-corrected chi connectivity index (χ2v) is 8.73. The normalized spacial score (nSPS) is 21.9. The smallest absolute Gasteiger partial charge is 0.227 e. The number of anilines is 1. The fourth-order valence-corrected chi connectivity index (χ4v) is 5.20. The van der Waals surface area contributed by atoms with Crippen molar-refractivity contribution in [1.82, 2.24) is 5.32 Å². The van der Waals surface area contributed by atoms with Gasteiger partial charge in [0.2, 0.25) is 11.8 Å². The first-order valence-corrected chi connectivity index (χ1v) is 10.6. The van der Waals surface area contributed by atoms with Crippen LogP contribution in [-0.4, -0.2) is 24.1 Å². The molecule has 27 heavy (non-hydrogen) atoms. The monoisotopic (exact) mass is 448 g/mol. The number of benzene rings is 2. The van der Waals surface area contributed by atoms with Crippen molar-refractivity contribution < 1.29 is 14.0 Å². The first kappa shape index (κ1) is 18.5. The molecular weight excluding hydrogens is 431 g/mol. The summed E-state index contributed by atoms with van der Waals surface area (Å²) in [5.41, 5.74) is 1.60. The quantitative estimate of drug-likeness (QED) is 0.761. The molecule has 2 aliphatic heterocycles. The molecule has 1 N–H and O–H groups in total. The summed E-state index contributed by atoms with van der Waals surface area (Å²) >= 11 is 5.14. The Kier molecular flexibility index (Phi) is 5.23. The maximum atomic E-state index is 13.7. The lowest BCUT2D eigenvalue weighted by atomic mass is 10.0. The van der Waals surface area contributed by atoms with E-state index in [4.69, 9.17) is 0 Å². The lowest BCUT2D eigenvalue weighted by molar-refractivity contribution is -0.127. The number of halogens is 2. The number of carbonyl (C=O) groups is 2. The van der Waals surface area contributed by atoms with Crippen molar-refractivity contribution in [3.8, 4) is 0 Å². The van der Waals surface area contributed by atoms with Crippen LogP contribution in [0.15, 0.2) is 51.8 Å². The predicted molar refractivity (Wildman–Crippen MR) is 107 cm³/mol. The Bertz CT molecular complexity index is 907. The van der Waals surface area contributed by atoms with Gasteiger partial charge in [0.25, 0.3) is 0 Å². The van der Waals surface area contributed by atoms with Crippen LogP contribution in [0.1, 0.15) is 24.4 Å². The van der Waals surface area contributed by atoms with E-state index in [1.807, 2.05) is 24.3 Å². The van der Waals surface area contributed by atoms with E-state index in [0.29, 0.717) is 6.54 Å². The molecule has 2 aromatic carbocycles. The van der Waals surface area contributed by atoms with Gasteiger partial charge >= 0.3 is 0 Å². The van der Waals surface area contributed by atoms with Gasteiger partial charge < -0.3 is 10.2 Å². The molecule has 1 fully saturated rings. The maximum absolute atomic E-state index is 13.7. The zero-order chi connectivity index (χ0) is 19.0. The number of rotatable bonds is 3. The number of carbonyl (C=O) groups excluding carboxylic acids is 2. The van der Waals surface area contributed by atoms with E-state index < -0.39 is 5.92 Å². The topological polar surface area (TPSA) is 49.4 Å². The summed E-state index contributed by atoms with van der Waals surface area (Å²) in [6.07, 6.45) is 0.937. The molecule has 0 saturated carbocycles. The highest BCUT2D eigenvalue weighted by Gasteiger charge is 2.37. The van der Waals surface area contributed by atoms with Crippen LogP contribution < -0.4 is 10.2 Å². The molecule has 2 amide bonds. The van der Waals surface area contributed by atoms with Gasteiger partial charge in [-0.1, -0.05) is 12.1 Å². The number of fused-ring (bicyclic) bond motifs is 1. The van der Waals surface area contributed by atoms with Gasteiger partial charge in [-0.2, -0.15) is 0 Å². The average Bonchev–Trinajstić information content (AvgIpc) is 3.04. The molecule has 1 saturated heterocycles. The minimum atomic E-state index is -0.406. The first-order valence-electron chi connectivity index (χ1n) is 8.80. The summed E-state index contributed by atoms with van der Waals surface area (Å²) in [5.74, 6) is -0.0449. The molecule has 4 rings (SSSR count). The summed E-state index contributed by atoms with van der Waals surface area (Å²) in [7, 11) is 0. The molecule has 0 unspecified atom stereocenters. The Morgan fingerprint density at radius 2 is 2.07 bits per heavy atom. The van der Waals surface area contributed by atoms with E-state index >= 15 is 0 Å². The largest absolute Gasteiger partial charge is 0.349 e. The highest BCUT2D eigenvalue weighted by molar-refractivity contribution is 9.10. The summed E-state index contributed by atoms with van der Waals surface area (Å²) in [4.78, 5) is 27.9. The second kappa shape index (κ2) is 7.64. The van der Waals surface area contributed by atoms with Crippen molar-refractivity contribution in [2.24, 2.45) is 5.92 Å². The Balaban J connectivity index is 1.48. The lowest BCUT2D eigenvalue weighted by Gasteiger charge is -2.27. The van der Waals surface area contributed by atoms with E-state index in [0.717, 1.165) is 32.8 Å². The number of hydrogen-bond acceptors (Lipinski definition) is 3. The van der Waals surface area contributed by atoms with Gasteiger partial charge in [0.1, 0.15) is 5.82 Å². The third-order valence-corrected chi connectivity index (χ3v) is 6.76. The first-order chi connectivity index (χ1) is 13.0. The molecule has 0 radical (unpaired) electrons. The lowest BCUT2D eigenvalue weighted by Crippen LogP contribution is -2.36. The molecular formula is C20H18BrFN2O2S. The molecule has 2 heterocycles. The molecule has 2 atom stereocenters. The van der Waals surface area contributed by atoms with Crippen molar-refractivity contribution >= 4 is 45.2 Å². The summed E-state index contributed by atoms with van der Waals surface area (Å²) < 4.78 is 14.5. The average molecular weight is 449 g/mol. The Morgan fingerprint density at radius 3 is 2.89 bits per heavy atom. The predicted octanol–water partition coefficient (Wildman–Crippen LogP) is 4.29. The molecule has 4 nitrogen and oxygen atoms in total. The number of hydrogen-bond donors (Lipinski definition) is 1. The van der Waals surface area contributed by atoms with Crippen LogP contribution >= 0.6 is 27.7 Å². The molecule has 2 aromatic rings. The number of para-hydroxylation sites is 1. The number of nitrogens with one attached hydrogen (secondary N) is 1. The molecule has 0 spiro atoms. The minimum Gasteiger partial charge on any atom is -0.349 e. The van der Waals surface area contributed by atoms with Crippen molar-refractivity contribution in [2.45, 2.75) is 23.8 Å². The van der Waals surface area contributed by atoms with E-state index in [-0.39, 0.29) is 30.1 Å². The van der Waals surface area contributed by atoms with Gasteiger partial charge in [0.15, 0.2) is 0 Å². The molecule has 140 valence electrons. The van der Waals surface area contributed by atoms with Gasteiger partial charge in [0.05, 0.1) is 17.6 Å². The van der Waals surface area contributed by atoms with E-state index in [1.54, 1.807) is 22.7 Å². The van der Waals surface area contributed by atoms with Gasteiger partial charge in [0, 0.05) is 28.1 Å². The van der Waals surface area contributed by atoms with Gasteiger partial charge in [-0.15, -0.1) is 11.8 Å². The van der Waals surface area contributed by atoms with E-state index in [2.05, 4.69) is 21.2 Å². The van der Waals surface area contributed by atoms with Crippen molar-refractivity contribution in [2.75, 3.05) is 17.2 Å².